The molecule has 2 aromatic carbocycles. The maximum atomic E-state index is 9.49. The Bertz CT molecular complexity index is 1060. The summed E-state index contributed by atoms with van der Waals surface area (Å²) >= 11 is 1.35. The Morgan fingerprint density at radius 2 is 1.71 bits per heavy atom. The monoisotopic (exact) mass is 329 g/mol. The van der Waals surface area contributed by atoms with Crippen molar-refractivity contribution in [3.63, 3.8) is 0 Å². The maximum Gasteiger partial charge on any atom is 0.235 e. The van der Waals surface area contributed by atoms with E-state index >= 15 is 0 Å². The zero-order valence-electron chi connectivity index (χ0n) is 12.5. The van der Waals surface area contributed by atoms with Crippen LogP contribution in [0.5, 0.6) is 0 Å². The van der Waals surface area contributed by atoms with Gasteiger partial charge in [0.25, 0.3) is 0 Å². The molecule has 0 spiro atoms. The summed E-state index contributed by atoms with van der Waals surface area (Å²) in [5.74, 6) is 0.671. The lowest BCUT2D eigenvalue weighted by Gasteiger charge is -1.96. The van der Waals surface area contributed by atoms with Crippen LogP contribution < -0.4 is 0 Å². The fourth-order valence-electron chi connectivity index (χ4n) is 2.35. The molecule has 4 aromatic rings. The molecule has 0 aliphatic rings. The van der Waals surface area contributed by atoms with Gasteiger partial charge in [0.05, 0.1) is 5.57 Å². The smallest absolute Gasteiger partial charge is 0.192 e. The zero-order valence-corrected chi connectivity index (χ0v) is 13.3. The van der Waals surface area contributed by atoms with Crippen molar-refractivity contribution in [3.8, 4) is 17.5 Å². The van der Waals surface area contributed by atoms with Crippen molar-refractivity contribution in [1.82, 2.24) is 19.8 Å². The molecule has 0 saturated carbocycles. The van der Waals surface area contributed by atoms with E-state index in [4.69, 9.17) is 0 Å². The van der Waals surface area contributed by atoms with Gasteiger partial charge in [-0.1, -0.05) is 72.0 Å². The van der Waals surface area contributed by atoms with Crippen molar-refractivity contribution in [2.45, 2.75) is 0 Å². The van der Waals surface area contributed by atoms with Crippen molar-refractivity contribution in [2.24, 2.45) is 0 Å². The van der Waals surface area contributed by atoms with Gasteiger partial charge in [0.1, 0.15) is 6.07 Å². The topological polar surface area (TPSA) is 66.9 Å². The molecule has 2 heterocycles. The predicted molar refractivity (Wildman–Crippen MR) is 94.0 cm³/mol. The highest BCUT2D eigenvalue weighted by molar-refractivity contribution is 7.17. The number of nitrogens with zero attached hydrogens (tertiary/aromatic N) is 5. The normalized spacial score (nSPS) is 11.5. The predicted octanol–water partition coefficient (Wildman–Crippen LogP) is 3.92. The van der Waals surface area contributed by atoms with E-state index in [1.54, 1.807) is 4.52 Å². The van der Waals surface area contributed by atoms with E-state index in [0.717, 1.165) is 11.1 Å². The molecule has 0 aliphatic heterocycles. The first-order chi connectivity index (χ1) is 11.8. The van der Waals surface area contributed by atoms with E-state index in [0.29, 0.717) is 21.4 Å². The summed E-state index contributed by atoms with van der Waals surface area (Å²) < 4.78 is 1.69. The zero-order chi connectivity index (χ0) is 16.4. The number of hydrogen-bond donors (Lipinski definition) is 0. The Balaban J connectivity index is 1.80. The van der Waals surface area contributed by atoms with Crippen LogP contribution in [-0.2, 0) is 0 Å². The molecule has 0 aliphatic carbocycles. The van der Waals surface area contributed by atoms with Gasteiger partial charge in [0, 0.05) is 5.56 Å². The number of aromatic nitrogens is 4. The molecule has 4 rings (SSSR count). The number of hydrogen-bond acceptors (Lipinski definition) is 5. The summed E-state index contributed by atoms with van der Waals surface area (Å²) in [6, 6.07) is 21.7. The van der Waals surface area contributed by atoms with Gasteiger partial charge >= 0.3 is 0 Å². The van der Waals surface area contributed by atoms with Gasteiger partial charge in [-0.05, 0) is 11.6 Å². The minimum absolute atomic E-state index is 0.510. The van der Waals surface area contributed by atoms with Gasteiger partial charge in [-0.2, -0.15) is 14.9 Å². The van der Waals surface area contributed by atoms with E-state index in [1.807, 2.05) is 66.7 Å². The quantitative estimate of drug-likeness (QED) is 0.534. The number of benzene rings is 2. The van der Waals surface area contributed by atoms with Crippen LogP contribution in [0.2, 0.25) is 0 Å². The lowest BCUT2D eigenvalue weighted by Crippen LogP contribution is -1.91. The van der Waals surface area contributed by atoms with E-state index in [9.17, 15) is 5.26 Å². The fourth-order valence-corrected chi connectivity index (χ4v) is 3.16. The summed E-state index contributed by atoms with van der Waals surface area (Å²) in [5.41, 5.74) is 2.41. The number of nitriles is 1. The summed E-state index contributed by atoms with van der Waals surface area (Å²) in [4.78, 5) is 0.665. The standard InChI is InChI=1S/C18H11N5S/c19-12-15(11-13-7-3-1-4-8-13)17-22-23-16(20-21-18(23)24-17)14-9-5-2-6-10-14/h1-11H/b15-11-. The number of rotatable bonds is 3. The summed E-state index contributed by atoms with van der Waals surface area (Å²) in [6.45, 7) is 0. The molecule has 114 valence electrons. The van der Waals surface area contributed by atoms with Crippen LogP contribution in [0.4, 0.5) is 0 Å². The molecule has 0 radical (unpaired) electrons. The van der Waals surface area contributed by atoms with Gasteiger partial charge in [0.15, 0.2) is 10.8 Å². The summed E-state index contributed by atoms with van der Waals surface area (Å²) in [7, 11) is 0. The van der Waals surface area contributed by atoms with Crippen molar-refractivity contribution < 1.29 is 0 Å². The second-order valence-electron chi connectivity index (χ2n) is 5.07. The van der Waals surface area contributed by atoms with Crippen molar-refractivity contribution >= 4 is 27.9 Å². The van der Waals surface area contributed by atoms with E-state index < -0.39 is 0 Å². The first kappa shape index (κ1) is 14.3. The van der Waals surface area contributed by atoms with Crippen LogP contribution >= 0.6 is 11.3 Å². The van der Waals surface area contributed by atoms with Crippen LogP contribution in [0.25, 0.3) is 28.0 Å². The second-order valence-corrected chi connectivity index (χ2v) is 6.03. The molecular formula is C18H11N5S. The Hall–Kier alpha value is -3.30. The van der Waals surface area contributed by atoms with Gasteiger partial charge < -0.3 is 0 Å². The molecular weight excluding hydrogens is 318 g/mol. The molecule has 2 aromatic heterocycles. The van der Waals surface area contributed by atoms with Gasteiger partial charge in [-0.25, -0.2) is 0 Å². The van der Waals surface area contributed by atoms with E-state index in [1.165, 1.54) is 11.3 Å². The van der Waals surface area contributed by atoms with Crippen LogP contribution in [0.1, 0.15) is 10.6 Å². The van der Waals surface area contributed by atoms with Crippen molar-refractivity contribution in [1.29, 1.82) is 5.26 Å². The molecule has 0 bridgehead atoms. The molecule has 0 amide bonds. The first-order valence-corrected chi connectivity index (χ1v) is 8.12. The first-order valence-electron chi connectivity index (χ1n) is 7.30. The van der Waals surface area contributed by atoms with Crippen molar-refractivity contribution in [3.05, 3.63) is 71.2 Å². The lowest BCUT2D eigenvalue weighted by molar-refractivity contribution is 0.957. The molecule has 0 atom stereocenters. The summed E-state index contributed by atoms with van der Waals surface area (Å²) in [6.07, 6.45) is 1.83. The average molecular weight is 329 g/mol. The van der Waals surface area contributed by atoms with Crippen molar-refractivity contribution in [2.75, 3.05) is 0 Å². The van der Waals surface area contributed by atoms with Gasteiger partial charge in [-0.3, -0.25) is 0 Å². The maximum absolute atomic E-state index is 9.49. The van der Waals surface area contributed by atoms with Gasteiger partial charge in [-0.15, -0.1) is 10.2 Å². The molecule has 5 nitrogen and oxygen atoms in total. The molecule has 0 unspecified atom stereocenters. The van der Waals surface area contributed by atoms with Crippen LogP contribution in [0.3, 0.4) is 0 Å². The largest absolute Gasteiger partial charge is 0.235 e. The highest BCUT2D eigenvalue weighted by Crippen LogP contribution is 2.26. The van der Waals surface area contributed by atoms with E-state index in [2.05, 4.69) is 21.4 Å². The summed E-state index contributed by atoms with van der Waals surface area (Å²) in [5, 5.41) is 23.0. The fraction of sp³-hybridized carbons (Fsp3) is 0. The third-order valence-corrected chi connectivity index (χ3v) is 4.42. The molecule has 0 saturated heterocycles. The number of fused-ring (bicyclic) bond motifs is 1. The Morgan fingerprint density at radius 1 is 1.00 bits per heavy atom. The molecule has 6 heteroatoms. The molecule has 0 N–H and O–H groups in total. The van der Waals surface area contributed by atoms with E-state index in [-0.39, 0.29) is 0 Å². The molecule has 24 heavy (non-hydrogen) atoms. The van der Waals surface area contributed by atoms with Crippen LogP contribution in [0.15, 0.2) is 60.7 Å². The third-order valence-electron chi connectivity index (χ3n) is 3.48. The average Bonchev–Trinajstić information content (AvgIpc) is 3.22. The SMILES string of the molecule is N#C/C(=C/c1ccccc1)c1nn2c(-c3ccccc3)nnc2s1. The van der Waals surface area contributed by atoms with Crippen LogP contribution in [0, 0.1) is 11.3 Å². The third kappa shape index (κ3) is 2.57. The number of allylic oxidation sites excluding steroid dienone is 1. The minimum atomic E-state index is 0.510. The highest BCUT2D eigenvalue weighted by atomic mass is 32.1. The molecule has 0 fully saturated rings. The minimum Gasteiger partial charge on any atom is -0.192 e. The van der Waals surface area contributed by atoms with Gasteiger partial charge in [0.2, 0.25) is 4.96 Å². The Kier molecular flexibility index (Phi) is 3.61. The second kappa shape index (κ2) is 6.07. The highest BCUT2D eigenvalue weighted by Gasteiger charge is 2.15. The lowest BCUT2D eigenvalue weighted by atomic mass is 10.1. The van der Waals surface area contributed by atoms with Crippen LogP contribution in [-0.4, -0.2) is 19.8 Å². The Labute approximate surface area is 142 Å². The Morgan fingerprint density at radius 3 is 2.42 bits per heavy atom.